The van der Waals surface area contributed by atoms with Gasteiger partial charge in [-0.2, -0.15) is 0 Å². The number of nitrogens with two attached hydrogens (primary N) is 1. The third kappa shape index (κ3) is 2.59. The lowest BCUT2D eigenvalue weighted by atomic mass is 10.0. The second kappa shape index (κ2) is 5.63. The Morgan fingerprint density at radius 1 is 1.50 bits per heavy atom. The van der Waals surface area contributed by atoms with E-state index in [1.165, 1.54) is 10.8 Å². The zero-order valence-electron chi connectivity index (χ0n) is 13.0. The summed E-state index contributed by atoms with van der Waals surface area (Å²) in [5.41, 5.74) is 4.25. The van der Waals surface area contributed by atoms with E-state index in [1.54, 1.807) is 38.2 Å². The van der Waals surface area contributed by atoms with E-state index in [4.69, 9.17) is 5.73 Å². The maximum absolute atomic E-state index is 12.8. The molecule has 2 heterocycles. The van der Waals surface area contributed by atoms with E-state index in [1.807, 2.05) is 6.92 Å². The number of hydrogen-bond acceptors (Lipinski definition) is 4. The molecule has 0 spiro atoms. The Bertz CT molecular complexity index is 673. The van der Waals surface area contributed by atoms with Crippen molar-refractivity contribution in [1.29, 1.82) is 0 Å². The molecule has 0 aromatic carbocycles. The Morgan fingerprint density at radius 3 is 2.73 bits per heavy atom. The molecular formula is C14H19N6O2. The van der Waals surface area contributed by atoms with Gasteiger partial charge < -0.3 is 20.2 Å². The van der Waals surface area contributed by atoms with Gasteiger partial charge in [-0.15, -0.1) is 0 Å². The van der Waals surface area contributed by atoms with E-state index >= 15 is 0 Å². The van der Waals surface area contributed by atoms with Crippen LogP contribution in [-0.4, -0.2) is 43.3 Å². The molecule has 22 heavy (non-hydrogen) atoms. The molecule has 0 aliphatic heterocycles. The molecule has 0 aliphatic carbocycles. The summed E-state index contributed by atoms with van der Waals surface area (Å²) in [6, 6.07) is -0.244. The third-order valence-electron chi connectivity index (χ3n) is 3.75. The Balaban J connectivity index is 2.30. The molecule has 2 rings (SSSR count). The Morgan fingerprint density at radius 2 is 2.18 bits per heavy atom. The average Bonchev–Trinajstić information content (AvgIpc) is 3.15. The van der Waals surface area contributed by atoms with E-state index in [0.29, 0.717) is 5.82 Å². The minimum Gasteiger partial charge on any atom is -0.363 e. The highest BCUT2D eigenvalue weighted by molar-refractivity contribution is 5.91. The first kappa shape index (κ1) is 15.7. The molecule has 2 aromatic heterocycles. The molecule has 0 fully saturated rings. The van der Waals surface area contributed by atoms with Gasteiger partial charge in [0.15, 0.2) is 5.82 Å². The monoisotopic (exact) mass is 303 g/mol. The van der Waals surface area contributed by atoms with Crippen LogP contribution in [-0.2, 0) is 10.3 Å². The summed E-state index contributed by atoms with van der Waals surface area (Å²) in [7, 11) is 1.68. The molecule has 1 radical (unpaired) electrons. The predicted octanol–water partition coefficient (Wildman–Crippen LogP) is 0.460. The van der Waals surface area contributed by atoms with E-state index in [0.717, 1.165) is 0 Å². The van der Waals surface area contributed by atoms with Gasteiger partial charge in [0.1, 0.15) is 17.6 Å². The molecule has 2 aromatic rings. The Labute approximate surface area is 128 Å². The van der Waals surface area contributed by atoms with Crippen LogP contribution >= 0.6 is 0 Å². The molecule has 8 heteroatoms. The molecule has 117 valence electrons. The van der Waals surface area contributed by atoms with Crippen molar-refractivity contribution < 1.29 is 9.59 Å². The zero-order valence-corrected chi connectivity index (χ0v) is 13.0. The van der Waals surface area contributed by atoms with Crippen LogP contribution < -0.4 is 5.73 Å². The van der Waals surface area contributed by atoms with Crippen molar-refractivity contribution in [3.8, 4) is 0 Å². The summed E-state index contributed by atoms with van der Waals surface area (Å²) >= 11 is 0. The summed E-state index contributed by atoms with van der Waals surface area (Å²) in [6.45, 7) is 5.26. The van der Waals surface area contributed by atoms with Crippen molar-refractivity contribution >= 4 is 11.8 Å². The number of likely N-dealkylation sites (N-methyl/N-ethyl adjacent to an activating group) is 1. The first-order chi connectivity index (χ1) is 10.3. The highest BCUT2D eigenvalue weighted by Gasteiger charge is 2.37. The molecule has 3 N–H and O–H groups in total. The van der Waals surface area contributed by atoms with Crippen LogP contribution in [0.1, 0.15) is 43.3 Å². The van der Waals surface area contributed by atoms with Gasteiger partial charge in [-0.05, 0) is 20.8 Å². The van der Waals surface area contributed by atoms with Crippen molar-refractivity contribution in [3.63, 3.8) is 0 Å². The fourth-order valence-electron chi connectivity index (χ4n) is 2.26. The number of amides is 2. The summed E-state index contributed by atoms with van der Waals surface area (Å²) in [4.78, 5) is 36.8. The molecule has 2 amide bonds. The molecule has 0 bridgehead atoms. The molecule has 1 unspecified atom stereocenters. The number of nitrogens with one attached hydrogen (secondary N) is 1. The minimum atomic E-state index is -1.03. The quantitative estimate of drug-likeness (QED) is 0.836. The largest absolute Gasteiger partial charge is 0.363 e. The van der Waals surface area contributed by atoms with Gasteiger partial charge in [-0.3, -0.25) is 9.59 Å². The minimum absolute atomic E-state index is 0.00241. The number of aromatic amines is 1. The van der Waals surface area contributed by atoms with Crippen LogP contribution in [0, 0.1) is 6.20 Å². The molecule has 0 saturated heterocycles. The first-order valence-corrected chi connectivity index (χ1v) is 6.79. The summed E-state index contributed by atoms with van der Waals surface area (Å²) in [5.74, 6) is -0.231. The van der Waals surface area contributed by atoms with Crippen LogP contribution in [0.15, 0.2) is 18.6 Å². The van der Waals surface area contributed by atoms with Crippen molar-refractivity contribution in [2.45, 2.75) is 32.4 Å². The zero-order chi connectivity index (χ0) is 16.5. The van der Waals surface area contributed by atoms with Crippen LogP contribution in [0.5, 0.6) is 0 Å². The number of aromatic nitrogens is 4. The predicted molar refractivity (Wildman–Crippen MR) is 78.7 cm³/mol. The van der Waals surface area contributed by atoms with Gasteiger partial charge in [0, 0.05) is 25.6 Å². The van der Waals surface area contributed by atoms with Gasteiger partial charge >= 0.3 is 0 Å². The summed E-state index contributed by atoms with van der Waals surface area (Å²) in [6.07, 6.45) is 7.34. The van der Waals surface area contributed by atoms with Crippen LogP contribution in [0.4, 0.5) is 0 Å². The number of H-pyrrole nitrogens is 1. The third-order valence-corrected chi connectivity index (χ3v) is 3.75. The van der Waals surface area contributed by atoms with Crippen LogP contribution in [0.2, 0.25) is 0 Å². The molecule has 0 saturated carbocycles. The lowest BCUT2D eigenvalue weighted by molar-refractivity contribution is -0.140. The van der Waals surface area contributed by atoms with E-state index in [9.17, 15) is 9.59 Å². The smallest absolute Gasteiger partial charge is 0.284 e. The number of hydrogen-bond donors (Lipinski definition) is 2. The number of primary amides is 1. The Kier molecular flexibility index (Phi) is 4.03. The van der Waals surface area contributed by atoms with Gasteiger partial charge in [0.05, 0.1) is 6.04 Å². The van der Waals surface area contributed by atoms with Gasteiger partial charge in [-0.25, -0.2) is 9.97 Å². The average molecular weight is 303 g/mol. The first-order valence-electron chi connectivity index (χ1n) is 6.79. The molecular weight excluding hydrogens is 284 g/mol. The lowest BCUT2D eigenvalue weighted by Crippen LogP contribution is -2.47. The maximum atomic E-state index is 12.8. The number of imidazole rings is 2. The van der Waals surface area contributed by atoms with Crippen molar-refractivity contribution in [1.82, 2.24) is 24.4 Å². The summed E-state index contributed by atoms with van der Waals surface area (Å²) in [5, 5.41) is 0. The highest BCUT2D eigenvalue weighted by Crippen LogP contribution is 2.24. The highest BCUT2D eigenvalue weighted by atomic mass is 16.2. The number of nitrogens with zero attached hydrogens (tertiary/aromatic N) is 4. The second-order valence-corrected chi connectivity index (χ2v) is 5.55. The standard InChI is InChI=1S/C14H19N6O2/c1-9(11-16-5-6-17-11)19(4)13(22)14(2,3)20-8-7-18-12(20)10(15)21/h5-6,8-9H,1-4H3,(H2,15,21)(H,16,17). The fourth-order valence-corrected chi connectivity index (χ4v) is 2.26. The molecule has 0 aliphatic rings. The van der Waals surface area contributed by atoms with Gasteiger partial charge in [-0.1, -0.05) is 0 Å². The fraction of sp³-hybridized carbons (Fsp3) is 0.429. The number of rotatable bonds is 5. The molecule has 1 atom stereocenters. The maximum Gasteiger partial charge on any atom is 0.284 e. The van der Waals surface area contributed by atoms with E-state index in [2.05, 4.69) is 21.1 Å². The van der Waals surface area contributed by atoms with Crippen molar-refractivity contribution in [2.24, 2.45) is 5.73 Å². The summed E-state index contributed by atoms with van der Waals surface area (Å²) < 4.78 is 1.43. The lowest BCUT2D eigenvalue weighted by Gasteiger charge is -2.33. The topological polar surface area (TPSA) is 110 Å². The van der Waals surface area contributed by atoms with E-state index < -0.39 is 11.4 Å². The second-order valence-electron chi connectivity index (χ2n) is 5.55. The van der Waals surface area contributed by atoms with Crippen LogP contribution in [0.25, 0.3) is 0 Å². The van der Waals surface area contributed by atoms with Gasteiger partial charge in [0.25, 0.3) is 5.91 Å². The van der Waals surface area contributed by atoms with Crippen molar-refractivity contribution in [2.75, 3.05) is 7.05 Å². The van der Waals surface area contributed by atoms with Gasteiger partial charge in [0.2, 0.25) is 5.91 Å². The van der Waals surface area contributed by atoms with Crippen molar-refractivity contribution in [3.05, 3.63) is 36.4 Å². The number of carbonyl (C=O) groups excluding carboxylic acids is 2. The molecule has 8 nitrogen and oxygen atoms in total. The van der Waals surface area contributed by atoms with Crippen LogP contribution in [0.3, 0.4) is 0 Å². The Hall–Kier alpha value is -2.64. The SMILES string of the molecule is CC(c1ncc[nH]1)N(C)C(=O)C(C)(C)n1c[c]nc1C(N)=O. The normalized spacial score (nSPS) is 12.9. The van der Waals surface area contributed by atoms with E-state index in [-0.39, 0.29) is 17.8 Å². The number of carbonyl (C=O) groups is 2.